The Morgan fingerprint density at radius 1 is 1.00 bits per heavy atom. The van der Waals surface area contributed by atoms with Crippen LogP contribution < -0.4 is 10.6 Å². The molecule has 4 rings (SSSR count). The first-order chi connectivity index (χ1) is 20.7. The number of hydrogen-bond acceptors (Lipinski definition) is 8. The van der Waals surface area contributed by atoms with Crippen molar-refractivity contribution in [1.82, 2.24) is 15.5 Å². The maximum atomic E-state index is 13.9. The number of nitrogens with one attached hydrogen (secondary N) is 2. The Balaban J connectivity index is 1.53. The molecule has 3 atom stereocenters. The van der Waals surface area contributed by atoms with Gasteiger partial charge in [0, 0.05) is 28.7 Å². The van der Waals surface area contributed by atoms with Crippen LogP contribution in [-0.2, 0) is 32.4 Å². The number of aromatic hydroxyl groups is 1. The van der Waals surface area contributed by atoms with Gasteiger partial charge in [0.15, 0.2) is 15.9 Å². The van der Waals surface area contributed by atoms with Crippen LogP contribution in [0.5, 0.6) is 5.75 Å². The molecule has 3 amide bonds. The third-order valence-electron chi connectivity index (χ3n) is 7.69. The molecule has 0 saturated carbocycles. The number of aliphatic hydroxyl groups excluding tert-OH is 1. The Kier molecular flexibility index (Phi) is 10.1. The number of aliphatic hydroxyl groups is 1. The molecule has 1 aliphatic rings. The molecular weight excluding hydrogens is 603 g/mol. The summed E-state index contributed by atoms with van der Waals surface area (Å²) in [6.07, 6.45) is -0.417. The van der Waals surface area contributed by atoms with Gasteiger partial charge in [0.05, 0.1) is 16.8 Å². The van der Waals surface area contributed by atoms with Crippen molar-refractivity contribution in [1.29, 1.82) is 0 Å². The summed E-state index contributed by atoms with van der Waals surface area (Å²) in [5, 5.41) is 27.2. The molecule has 3 aromatic carbocycles. The van der Waals surface area contributed by atoms with Crippen LogP contribution in [0.4, 0.5) is 0 Å². The fourth-order valence-corrected chi connectivity index (χ4v) is 6.89. The quantitative estimate of drug-likeness (QED) is 0.264. The molecule has 234 valence electrons. The van der Waals surface area contributed by atoms with Gasteiger partial charge in [-0.3, -0.25) is 14.4 Å². The topological polar surface area (TPSA) is 153 Å². The molecule has 0 aromatic heterocycles. The van der Waals surface area contributed by atoms with E-state index in [-0.39, 0.29) is 35.1 Å². The number of carbonyl (C=O) groups excluding carboxylic acids is 3. The molecule has 0 spiro atoms. The largest absolute Gasteiger partial charge is 0.508 e. The van der Waals surface area contributed by atoms with Gasteiger partial charge in [-0.25, -0.2) is 8.42 Å². The van der Waals surface area contributed by atoms with Crippen LogP contribution in [0.2, 0.25) is 0 Å². The summed E-state index contributed by atoms with van der Waals surface area (Å²) in [6, 6.07) is 17.9. The van der Waals surface area contributed by atoms with Gasteiger partial charge in [0.2, 0.25) is 5.91 Å². The zero-order valence-electron chi connectivity index (χ0n) is 25.0. The highest BCUT2D eigenvalue weighted by Gasteiger charge is 2.49. The Morgan fingerprint density at radius 3 is 2.30 bits per heavy atom. The third kappa shape index (κ3) is 7.61. The van der Waals surface area contributed by atoms with Crippen molar-refractivity contribution in [3.63, 3.8) is 0 Å². The van der Waals surface area contributed by atoms with E-state index in [1.165, 1.54) is 40.9 Å². The third-order valence-corrected chi connectivity index (χ3v) is 10.2. The standard InChI is InChI=1S/C32H37N3O7S2/c1-20-24(11-8-12-26(20)36)29(38)34-25(17-21-9-6-5-7-10-21)27(37)31(40)35-19-43-32(2,3)28(35)30(39)33-18-22-13-15-23(16-14-22)44(4,41)42/h5-16,25,27-28,36-37H,17-19H2,1-4H3,(H,33,39)(H,34,38)/t25-,27-,28?/m0/s1. The van der Waals surface area contributed by atoms with Crippen LogP contribution in [0.25, 0.3) is 0 Å². The molecule has 1 heterocycles. The second kappa shape index (κ2) is 13.4. The molecule has 0 aliphatic carbocycles. The molecule has 1 unspecified atom stereocenters. The van der Waals surface area contributed by atoms with Gasteiger partial charge >= 0.3 is 0 Å². The minimum absolute atomic E-state index is 0.0506. The first-order valence-electron chi connectivity index (χ1n) is 14.0. The lowest BCUT2D eigenvalue weighted by atomic mass is 9.96. The van der Waals surface area contributed by atoms with E-state index < -0.39 is 50.5 Å². The number of rotatable bonds is 10. The number of carbonyl (C=O) groups is 3. The predicted octanol–water partition coefficient (Wildman–Crippen LogP) is 2.80. The number of nitrogens with zero attached hydrogens (tertiary/aromatic N) is 1. The van der Waals surface area contributed by atoms with E-state index in [4.69, 9.17) is 0 Å². The van der Waals surface area contributed by atoms with Crippen LogP contribution in [-0.4, -0.2) is 76.3 Å². The van der Waals surface area contributed by atoms with E-state index in [1.54, 1.807) is 25.1 Å². The summed E-state index contributed by atoms with van der Waals surface area (Å²) in [7, 11) is -3.35. The maximum Gasteiger partial charge on any atom is 0.254 e. The van der Waals surface area contributed by atoms with Gasteiger partial charge < -0.3 is 25.7 Å². The smallest absolute Gasteiger partial charge is 0.254 e. The summed E-state index contributed by atoms with van der Waals surface area (Å²) in [5.41, 5.74) is 2.04. The molecule has 10 nitrogen and oxygen atoms in total. The number of phenolic OH excluding ortho intramolecular Hbond substituents is 1. The minimum atomic E-state index is -3.35. The molecule has 1 fully saturated rings. The summed E-state index contributed by atoms with van der Waals surface area (Å²) < 4.78 is 22.8. The van der Waals surface area contributed by atoms with Gasteiger partial charge in [-0.2, -0.15) is 0 Å². The number of benzene rings is 3. The van der Waals surface area contributed by atoms with Crippen LogP contribution in [0, 0.1) is 6.92 Å². The second-order valence-corrected chi connectivity index (χ2v) is 15.0. The zero-order chi connectivity index (χ0) is 32.2. The van der Waals surface area contributed by atoms with E-state index in [0.29, 0.717) is 11.1 Å². The van der Waals surface area contributed by atoms with Crippen molar-refractivity contribution in [2.45, 2.75) is 61.6 Å². The zero-order valence-corrected chi connectivity index (χ0v) is 26.6. The maximum absolute atomic E-state index is 13.9. The van der Waals surface area contributed by atoms with Crippen molar-refractivity contribution >= 4 is 39.3 Å². The predicted molar refractivity (Wildman–Crippen MR) is 169 cm³/mol. The van der Waals surface area contributed by atoms with Crippen molar-refractivity contribution in [2.75, 3.05) is 12.1 Å². The molecule has 0 radical (unpaired) electrons. The molecule has 44 heavy (non-hydrogen) atoms. The molecule has 3 aromatic rings. The summed E-state index contributed by atoms with van der Waals surface area (Å²) in [5.74, 6) is -1.58. The van der Waals surface area contributed by atoms with Crippen LogP contribution in [0.1, 0.15) is 40.9 Å². The normalized spacial score (nSPS) is 17.5. The van der Waals surface area contributed by atoms with Gasteiger partial charge in [-0.05, 0) is 62.6 Å². The Labute approximate surface area is 261 Å². The lowest BCUT2D eigenvalue weighted by Crippen LogP contribution is -2.58. The molecular formula is C32H37N3O7S2. The van der Waals surface area contributed by atoms with Crippen molar-refractivity contribution in [2.24, 2.45) is 0 Å². The van der Waals surface area contributed by atoms with Crippen molar-refractivity contribution in [3.8, 4) is 5.75 Å². The Morgan fingerprint density at radius 2 is 1.66 bits per heavy atom. The number of hydrogen-bond donors (Lipinski definition) is 4. The van der Waals surface area contributed by atoms with Crippen LogP contribution in [0.15, 0.2) is 77.7 Å². The van der Waals surface area contributed by atoms with E-state index in [1.807, 2.05) is 44.2 Å². The van der Waals surface area contributed by atoms with E-state index in [2.05, 4.69) is 10.6 Å². The monoisotopic (exact) mass is 639 g/mol. The lowest BCUT2D eigenvalue weighted by molar-refractivity contribution is -0.147. The molecule has 4 N–H and O–H groups in total. The van der Waals surface area contributed by atoms with Gasteiger partial charge in [0.25, 0.3) is 11.8 Å². The second-order valence-electron chi connectivity index (χ2n) is 11.4. The number of sulfone groups is 1. The van der Waals surface area contributed by atoms with Crippen molar-refractivity contribution in [3.05, 3.63) is 95.1 Å². The van der Waals surface area contributed by atoms with Crippen LogP contribution in [0.3, 0.4) is 0 Å². The highest BCUT2D eigenvalue weighted by atomic mass is 32.2. The van der Waals surface area contributed by atoms with E-state index in [9.17, 15) is 33.0 Å². The summed E-state index contributed by atoms with van der Waals surface area (Å²) >= 11 is 1.40. The first kappa shape index (κ1) is 33.0. The number of thioether (sulfide) groups is 1. The van der Waals surface area contributed by atoms with E-state index in [0.717, 1.165) is 11.8 Å². The first-order valence-corrected chi connectivity index (χ1v) is 16.9. The Hall–Kier alpha value is -3.87. The van der Waals surface area contributed by atoms with Gasteiger partial charge in [0.1, 0.15) is 11.8 Å². The van der Waals surface area contributed by atoms with Crippen LogP contribution >= 0.6 is 11.8 Å². The minimum Gasteiger partial charge on any atom is -0.508 e. The lowest BCUT2D eigenvalue weighted by Gasteiger charge is -2.33. The molecule has 1 aliphatic heterocycles. The Bertz CT molecular complexity index is 1630. The highest BCUT2D eigenvalue weighted by molar-refractivity contribution is 8.00. The average Bonchev–Trinajstić information content (AvgIpc) is 3.31. The van der Waals surface area contributed by atoms with Crippen molar-refractivity contribution < 1.29 is 33.0 Å². The summed E-state index contributed by atoms with van der Waals surface area (Å²) in [6.45, 7) is 5.40. The molecule has 12 heteroatoms. The SMILES string of the molecule is Cc1c(O)cccc1C(=O)N[C@@H](Cc1ccccc1)[C@H](O)C(=O)N1CSC(C)(C)C1C(=O)NCc1ccc(S(C)(=O)=O)cc1. The number of phenols is 1. The molecule has 1 saturated heterocycles. The van der Waals surface area contributed by atoms with E-state index >= 15 is 0 Å². The highest BCUT2D eigenvalue weighted by Crippen LogP contribution is 2.40. The number of amides is 3. The average molecular weight is 640 g/mol. The fourth-order valence-electron chi connectivity index (χ4n) is 5.12. The summed E-state index contributed by atoms with van der Waals surface area (Å²) in [4.78, 5) is 42.1. The fraction of sp³-hybridized carbons (Fsp3) is 0.344. The molecule has 0 bridgehead atoms. The van der Waals surface area contributed by atoms with Gasteiger partial charge in [-0.1, -0.05) is 48.5 Å². The van der Waals surface area contributed by atoms with Gasteiger partial charge in [-0.15, -0.1) is 11.8 Å².